The standard InChI is InChI=1S/C10H13FN2O3S/c1-16-9-4-7(11)10(5-8(9)12)17(14,15)13-6-2-3-6/h4-6,13H,2-3,12H2,1H3. The molecule has 0 atom stereocenters. The molecule has 0 unspecified atom stereocenters. The molecule has 17 heavy (non-hydrogen) atoms. The van der Waals surface area contributed by atoms with Gasteiger partial charge in [-0.15, -0.1) is 0 Å². The lowest BCUT2D eigenvalue weighted by Gasteiger charge is -2.10. The van der Waals surface area contributed by atoms with Crippen LogP contribution in [0.3, 0.4) is 0 Å². The van der Waals surface area contributed by atoms with Crippen molar-refractivity contribution in [1.82, 2.24) is 4.72 Å². The number of anilines is 1. The number of methoxy groups -OCH3 is 1. The van der Waals surface area contributed by atoms with Crippen LogP contribution >= 0.6 is 0 Å². The lowest BCUT2D eigenvalue weighted by Crippen LogP contribution is -2.26. The van der Waals surface area contributed by atoms with Crippen molar-refractivity contribution in [1.29, 1.82) is 0 Å². The second-order valence-electron chi connectivity index (χ2n) is 3.92. The molecule has 0 radical (unpaired) electrons. The molecule has 1 saturated carbocycles. The highest BCUT2D eigenvalue weighted by Gasteiger charge is 2.30. The summed E-state index contributed by atoms with van der Waals surface area (Å²) in [5.74, 6) is -0.753. The van der Waals surface area contributed by atoms with Crippen molar-refractivity contribution in [3.63, 3.8) is 0 Å². The summed E-state index contributed by atoms with van der Waals surface area (Å²) < 4.78 is 44.4. The maximum absolute atomic E-state index is 13.6. The minimum absolute atomic E-state index is 0.0808. The van der Waals surface area contributed by atoms with Crippen LogP contribution in [0.1, 0.15) is 12.8 Å². The van der Waals surface area contributed by atoms with Crippen LogP contribution in [0, 0.1) is 5.82 Å². The van der Waals surface area contributed by atoms with E-state index < -0.39 is 20.7 Å². The van der Waals surface area contributed by atoms with Crippen LogP contribution in [0.15, 0.2) is 17.0 Å². The molecule has 94 valence electrons. The van der Waals surface area contributed by atoms with Gasteiger partial charge in [-0.05, 0) is 18.9 Å². The minimum Gasteiger partial charge on any atom is -0.494 e. The third-order valence-electron chi connectivity index (χ3n) is 2.47. The van der Waals surface area contributed by atoms with Crippen molar-refractivity contribution in [3.8, 4) is 5.75 Å². The van der Waals surface area contributed by atoms with Gasteiger partial charge in [0.15, 0.2) is 0 Å². The summed E-state index contributed by atoms with van der Waals surface area (Å²) in [5, 5.41) is 0. The van der Waals surface area contributed by atoms with E-state index in [1.54, 1.807) is 0 Å². The first-order valence-electron chi connectivity index (χ1n) is 5.09. The lowest BCUT2D eigenvalue weighted by atomic mass is 10.3. The summed E-state index contributed by atoms with van der Waals surface area (Å²) in [5.41, 5.74) is 5.65. The van der Waals surface area contributed by atoms with Gasteiger partial charge in [-0.25, -0.2) is 17.5 Å². The molecule has 0 bridgehead atoms. The second-order valence-corrected chi connectivity index (χ2v) is 5.60. The average Bonchev–Trinajstić information content (AvgIpc) is 3.03. The molecule has 0 saturated heterocycles. The van der Waals surface area contributed by atoms with Gasteiger partial charge in [0, 0.05) is 12.1 Å². The Morgan fingerprint density at radius 1 is 1.47 bits per heavy atom. The van der Waals surface area contributed by atoms with Crippen molar-refractivity contribution >= 4 is 15.7 Å². The quantitative estimate of drug-likeness (QED) is 0.787. The lowest BCUT2D eigenvalue weighted by molar-refractivity contribution is 0.412. The first-order chi connectivity index (χ1) is 7.94. The topological polar surface area (TPSA) is 81.4 Å². The number of halogens is 1. The fourth-order valence-corrected chi connectivity index (χ4v) is 2.82. The molecular formula is C10H13FN2O3S. The zero-order chi connectivity index (χ0) is 12.6. The summed E-state index contributed by atoms with van der Waals surface area (Å²) in [6, 6.07) is 1.96. The van der Waals surface area contributed by atoms with Crippen LogP contribution in [-0.4, -0.2) is 21.6 Å². The number of nitrogens with two attached hydrogens (primary N) is 1. The molecule has 5 nitrogen and oxygen atoms in total. The van der Waals surface area contributed by atoms with Gasteiger partial charge in [-0.1, -0.05) is 0 Å². The molecule has 0 heterocycles. The van der Waals surface area contributed by atoms with Crippen molar-refractivity contribution in [2.45, 2.75) is 23.8 Å². The Labute approximate surface area is 98.8 Å². The summed E-state index contributed by atoms with van der Waals surface area (Å²) >= 11 is 0. The zero-order valence-electron chi connectivity index (χ0n) is 9.23. The maximum atomic E-state index is 13.6. The number of hydrogen-bond donors (Lipinski definition) is 2. The molecule has 0 spiro atoms. The third kappa shape index (κ3) is 2.50. The SMILES string of the molecule is COc1cc(F)c(S(=O)(=O)NC2CC2)cc1N. The molecule has 1 aliphatic carbocycles. The van der Waals surface area contributed by atoms with Crippen LogP contribution in [0.25, 0.3) is 0 Å². The molecule has 0 amide bonds. The van der Waals surface area contributed by atoms with Crippen molar-refractivity contribution in [3.05, 3.63) is 17.9 Å². The summed E-state index contributed by atoms with van der Waals surface area (Å²) in [6.07, 6.45) is 1.57. The monoisotopic (exact) mass is 260 g/mol. The number of rotatable bonds is 4. The van der Waals surface area contributed by atoms with Crippen LogP contribution in [0.2, 0.25) is 0 Å². The Bertz CT molecular complexity index is 541. The summed E-state index contributed by atoms with van der Waals surface area (Å²) in [6.45, 7) is 0. The van der Waals surface area contributed by atoms with E-state index >= 15 is 0 Å². The predicted octanol–water partition coefficient (Wildman–Crippen LogP) is 0.857. The van der Waals surface area contributed by atoms with Gasteiger partial charge in [0.05, 0.1) is 12.8 Å². The first-order valence-corrected chi connectivity index (χ1v) is 6.57. The molecule has 0 aliphatic heterocycles. The van der Waals surface area contributed by atoms with Crippen molar-refractivity contribution < 1.29 is 17.5 Å². The molecule has 0 aromatic heterocycles. The maximum Gasteiger partial charge on any atom is 0.243 e. The van der Waals surface area contributed by atoms with Crippen molar-refractivity contribution in [2.75, 3.05) is 12.8 Å². The van der Waals surface area contributed by atoms with E-state index in [9.17, 15) is 12.8 Å². The van der Waals surface area contributed by atoms with E-state index in [0.717, 1.165) is 25.0 Å². The number of nitrogen functional groups attached to an aromatic ring is 1. The average molecular weight is 260 g/mol. The fraction of sp³-hybridized carbons (Fsp3) is 0.400. The van der Waals surface area contributed by atoms with Gasteiger partial charge in [0.25, 0.3) is 0 Å². The number of ether oxygens (including phenoxy) is 1. The van der Waals surface area contributed by atoms with E-state index in [1.807, 2.05) is 0 Å². The Hall–Kier alpha value is -1.34. The predicted molar refractivity (Wildman–Crippen MR) is 60.7 cm³/mol. The smallest absolute Gasteiger partial charge is 0.243 e. The van der Waals surface area contributed by atoms with Gasteiger partial charge in [-0.3, -0.25) is 0 Å². The van der Waals surface area contributed by atoms with E-state index in [-0.39, 0.29) is 17.5 Å². The highest BCUT2D eigenvalue weighted by Crippen LogP contribution is 2.29. The Morgan fingerprint density at radius 2 is 2.12 bits per heavy atom. The van der Waals surface area contributed by atoms with Gasteiger partial charge < -0.3 is 10.5 Å². The van der Waals surface area contributed by atoms with Crippen LogP contribution in [-0.2, 0) is 10.0 Å². The molecule has 1 fully saturated rings. The van der Waals surface area contributed by atoms with E-state index in [1.165, 1.54) is 7.11 Å². The van der Waals surface area contributed by atoms with Crippen LogP contribution < -0.4 is 15.2 Å². The molecule has 3 N–H and O–H groups in total. The Balaban J connectivity index is 2.40. The molecule has 1 aliphatic rings. The van der Waals surface area contributed by atoms with E-state index in [2.05, 4.69) is 4.72 Å². The number of sulfonamides is 1. The first kappa shape index (κ1) is 12.1. The molecular weight excluding hydrogens is 247 g/mol. The summed E-state index contributed by atoms with van der Waals surface area (Å²) in [4.78, 5) is -0.442. The van der Waals surface area contributed by atoms with Crippen LogP contribution in [0.4, 0.5) is 10.1 Å². The Morgan fingerprint density at radius 3 is 2.65 bits per heavy atom. The van der Waals surface area contributed by atoms with Crippen LogP contribution in [0.5, 0.6) is 5.75 Å². The minimum atomic E-state index is -3.84. The van der Waals surface area contributed by atoms with E-state index in [0.29, 0.717) is 0 Å². The number of nitrogens with one attached hydrogen (secondary N) is 1. The number of hydrogen-bond acceptors (Lipinski definition) is 4. The third-order valence-corrected chi connectivity index (χ3v) is 4.01. The number of benzene rings is 1. The summed E-state index contributed by atoms with van der Waals surface area (Å²) in [7, 11) is -2.50. The van der Waals surface area contributed by atoms with Gasteiger partial charge in [0.1, 0.15) is 16.5 Å². The highest BCUT2D eigenvalue weighted by atomic mass is 32.2. The highest BCUT2D eigenvalue weighted by molar-refractivity contribution is 7.89. The molecule has 2 rings (SSSR count). The second kappa shape index (κ2) is 4.15. The van der Waals surface area contributed by atoms with E-state index in [4.69, 9.17) is 10.5 Å². The fourth-order valence-electron chi connectivity index (χ4n) is 1.42. The molecule has 1 aromatic rings. The van der Waals surface area contributed by atoms with Gasteiger partial charge in [-0.2, -0.15) is 0 Å². The molecule has 7 heteroatoms. The Kier molecular flexibility index (Phi) is 2.96. The van der Waals surface area contributed by atoms with Gasteiger partial charge >= 0.3 is 0 Å². The zero-order valence-corrected chi connectivity index (χ0v) is 10.1. The largest absolute Gasteiger partial charge is 0.494 e. The van der Waals surface area contributed by atoms with Crippen molar-refractivity contribution in [2.24, 2.45) is 0 Å². The molecule has 1 aromatic carbocycles. The normalized spacial score (nSPS) is 15.9. The van der Waals surface area contributed by atoms with Gasteiger partial charge in [0.2, 0.25) is 10.0 Å².